The standard InChI is InChI=1S/C23H23N3O2S3/c1-4-26-22(28)20-17(18-6-5-11-29-18)13-30-21(20)24-23(26)31-14-19(27)25(3)12-16-9-7-15(2)8-10-16/h5-11,13H,4,12,14H2,1-3H3. The molecule has 0 N–H and O–H groups in total. The number of carbonyl (C=O) groups is 1. The molecule has 8 heteroatoms. The van der Waals surface area contributed by atoms with Crippen molar-refractivity contribution in [2.45, 2.75) is 32.1 Å². The molecule has 0 atom stereocenters. The van der Waals surface area contributed by atoms with Crippen LogP contribution in [0.2, 0.25) is 0 Å². The highest BCUT2D eigenvalue weighted by Gasteiger charge is 2.18. The van der Waals surface area contributed by atoms with Crippen LogP contribution in [0.3, 0.4) is 0 Å². The van der Waals surface area contributed by atoms with Crippen LogP contribution in [0.1, 0.15) is 18.1 Å². The summed E-state index contributed by atoms with van der Waals surface area (Å²) < 4.78 is 1.67. The lowest BCUT2D eigenvalue weighted by Gasteiger charge is -2.17. The van der Waals surface area contributed by atoms with Gasteiger partial charge in [0.05, 0.1) is 11.1 Å². The van der Waals surface area contributed by atoms with E-state index in [-0.39, 0.29) is 17.2 Å². The van der Waals surface area contributed by atoms with Crippen LogP contribution in [-0.2, 0) is 17.9 Å². The van der Waals surface area contributed by atoms with E-state index in [1.165, 1.54) is 28.7 Å². The van der Waals surface area contributed by atoms with Crippen LogP contribution in [0.5, 0.6) is 0 Å². The minimum absolute atomic E-state index is 0.00743. The molecule has 0 saturated carbocycles. The van der Waals surface area contributed by atoms with E-state index in [0.29, 0.717) is 23.6 Å². The van der Waals surface area contributed by atoms with Crippen LogP contribution in [0.25, 0.3) is 20.7 Å². The van der Waals surface area contributed by atoms with Gasteiger partial charge in [-0.3, -0.25) is 14.2 Å². The number of thiophene rings is 2. The van der Waals surface area contributed by atoms with Crippen LogP contribution < -0.4 is 5.56 Å². The van der Waals surface area contributed by atoms with Crippen molar-refractivity contribution in [1.29, 1.82) is 0 Å². The summed E-state index contributed by atoms with van der Waals surface area (Å²) in [5, 5.41) is 5.27. The van der Waals surface area contributed by atoms with Crippen molar-refractivity contribution in [2.75, 3.05) is 12.8 Å². The van der Waals surface area contributed by atoms with Gasteiger partial charge in [-0.1, -0.05) is 47.7 Å². The van der Waals surface area contributed by atoms with Crippen LogP contribution in [-0.4, -0.2) is 33.2 Å². The largest absolute Gasteiger partial charge is 0.341 e. The van der Waals surface area contributed by atoms with E-state index in [4.69, 9.17) is 4.98 Å². The molecule has 3 aromatic heterocycles. The van der Waals surface area contributed by atoms with E-state index in [1.54, 1.807) is 27.9 Å². The van der Waals surface area contributed by atoms with E-state index in [9.17, 15) is 9.59 Å². The van der Waals surface area contributed by atoms with Crippen molar-refractivity contribution in [1.82, 2.24) is 14.5 Å². The summed E-state index contributed by atoms with van der Waals surface area (Å²) in [6, 6.07) is 12.2. The zero-order valence-electron chi connectivity index (χ0n) is 17.6. The van der Waals surface area contributed by atoms with Crippen molar-refractivity contribution in [3.63, 3.8) is 0 Å². The van der Waals surface area contributed by atoms with Crippen molar-refractivity contribution in [3.05, 3.63) is 68.6 Å². The average molecular weight is 470 g/mol. The molecule has 1 amide bonds. The van der Waals surface area contributed by atoms with Gasteiger partial charge in [0, 0.05) is 36.0 Å². The Morgan fingerprint density at radius 3 is 2.65 bits per heavy atom. The first kappa shape index (κ1) is 21.8. The third kappa shape index (κ3) is 4.61. The first-order valence-corrected chi connectivity index (χ1v) is 12.7. The number of aryl methyl sites for hydroxylation is 1. The fraction of sp³-hybridized carbons (Fsp3) is 0.261. The molecule has 5 nitrogen and oxygen atoms in total. The van der Waals surface area contributed by atoms with Gasteiger partial charge in [-0.05, 0) is 30.9 Å². The fourth-order valence-electron chi connectivity index (χ4n) is 3.30. The highest BCUT2D eigenvalue weighted by molar-refractivity contribution is 7.99. The molecule has 1 aromatic carbocycles. The second-order valence-electron chi connectivity index (χ2n) is 7.27. The number of rotatable bonds is 7. The van der Waals surface area contributed by atoms with Gasteiger partial charge in [0.25, 0.3) is 5.56 Å². The highest BCUT2D eigenvalue weighted by Crippen LogP contribution is 2.34. The number of aromatic nitrogens is 2. The predicted molar refractivity (Wildman–Crippen MR) is 131 cm³/mol. The molecule has 31 heavy (non-hydrogen) atoms. The van der Waals surface area contributed by atoms with Crippen molar-refractivity contribution >= 4 is 50.6 Å². The minimum atomic E-state index is -0.0416. The van der Waals surface area contributed by atoms with E-state index >= 15 is 0 Å². The topological polar surface area (TPSA) is 55.2 Å². The van der Waals surface area contributed by atoms with Crippen LogP contribution >= 0.6 is 34.4 Å². The summed E-state index contributed by atoms with van der Waals surface area (Å²) in [4.78, 5) is 34.2. The Hall–Kier alpha value is -2.42. The second-order valence-corrected chi connectivity index (χ2v) is 10.0. The summed E-state index contributed by atoms with van der Waals surface area (Å²) >= 11 is 4.42. The van der Waals surface area contributed by atoms with Crippen molar-refractivity contribution < 1.29 is 4.79 Å². The van der Waals surface area contributed by atoms with Crippen LogP contribution in [0.15, 0.2) is 57.1 Å². The number of benzene rings is 1. The normalized spacial score (nSPS) is 11.2. The van der Waals surface area contributed by atoms with E-state index in [0.717, 1.165) is 20.8 Å². The molecule has 0 aliphatic heterocycles. The van der Waals surface area contributed by atoms with Gasteiger partial charge >= 0.3 is 0 Å². The Labute approximate surface area is 193 Å². The van der Waals surface area contributed by atoms with E-state index in [1.807, 2.05) is 61.0 Å². The number of hydrogen-bond acceptors (Lipinski definition) is 6. The number of amides is 1. The number of thioether (sulfide) groups is 1. The second kappa shape index (κ2) is 9.38. The summed E-state index contributed by atoms with van der Waals surface area (Å²) in [7, 11) is 1.80. The Kier molecular flexibility index (Phi) is 6.60. The molecular formula is C23H23N3O2S3. The van der Waals surface area contributed by atoms with Crippen molar-refractivity contribution in [3.8, 4) is 10.4 Å². The molecule has 0 bridgehead atoms. The Morgan fingerprint density at radius 1 is 1.19 bits per heavy atom. The van der Waals surface area contributed by atoms with Gasteiger partial charge in [-0.15, -0.1) is 22.7 Å². The van der Waals surface area contributed by atoms with Gasteiger partial charge in [-0.25, -0.2) is 4.98 Å². The van der Waals surface area contributed by atoms with Crippen LogP contribution in [0.4, 0.5) is 0 Å². The third-order valence-electron chi connectivity index (χ3n) is 5.05. The monoisotopic (exact) mass is 469 g/mol. The predicted octanol–water partition coefficient (Wildman–Crippen LogP) is 5.27. The molecule has 0 aliphatic carbocycles. The molecule has 0 saturated heterocycles. The number of nitrogens with zero attached hydrogens (tertiary/aromatic N) is 3. The first-order valence-electron chi connectivity index (χ1n) is 9.96. The minimum Gasteiger partial charge on any atom is -0.341 e. The molecule has 3 heterocycles. The summed E-state index contributed by atoms with van der Waals surface area (Å²) in [6.45, 7) is 5.05. The highest BCUT2D eigenvalue weighted by atomic mass is 32.2. The summed E-state index contributed by atoms with van der Waals surface area (Å²) in [6.07, 6.45) is 0. The zero-order chi connectivity index (χ0) is 22.0. The maximum Gasteiger partial charge on any atom is 0.263 e. The fourth-order valence-corrected chi connectivity index (χ4v) is 6.11. The summed E-state index contributed by atoms with van der Waals surface area (Å²) in [5.41, 5.74) is 3.19. The number of fused-ring (bicyclic) bond motifs is 1. The molecule has 0 unspecified atom stereocenters. The Bertz CT molecular complexity index is 1260. The van der Waals surface area contributed by atoms with Crippen molar-refractivity contribution in [2.24, 2.45) is 0 Å². The van der Waals surface area contributed by atoms with E-state index < -0.39 is 0 Å². The lowest BCUT2D eigenvalue weighted by Crippen LogP contribution is -2.28. The smallest absolute Gasteiger partial charge is 0.263 e. The molecule has 0 fully saturated rings. The number of carbonyl (C=O) groups excluding carboxylic acids is 1. The quantitative estimate of drug-likeness (QED) is 0.273. The Morgan fingerprint density at radius 2 is 1.97 bits per heavy atom. The van der Waals surface area contributed by atoms with Crippen LogP contribution in [0, 0.1) is 6.92 Å². The number of hydrogen-bond donors (Lipinski definition) is 0. The molecular weight excluding hydrogens is 446 g/mol. The SMILES string of the molecule is CCn1c(SCC(=O)N(C)Cc2ccc(C)cc2)nc2scc(-c3cccs3)c2c1=O. The maximum absolute atomic E-state index is 13.2. The van der Waals surface area contributed by atoms with Gasteiger partial charge in [-0.2, -0.15) is 0 Å². The lowest BCUT2D eigenvalue weighted by molar-refractivity contribution is -0.127. The van der Waals surface area contributed by atoms with Gasteiger partial charge in [0.15, 0.2) is 5.16 Å². The Balaban J connectivity index is 1.53. The van der Waals surface area contributed by atoms with Gasteiger partial charge < -0.3 is 4.90 Å². The zero-order valence-corrected chi connectivity index (χ0v) is 20.1. The molecule has 0 spiro atoms. The molecule has 4 aromatic rings. The summed E-state index contributed by atoms with van der Waals surface area (Å²) in [5.74, 6) is 0.247. The third-order valence-corrected chi connectivity index (χ3v) is 7.79. The lowest BCUT2D eigenvalue weighted by atomic mass is 10.1. The molecule has 0 aliphatic rings. The average Bonchev–Trinajstić information content (AvgIpc) is 3.43. The molecule has 0 radical (unpaired) electrons. The van der Waals surface area contributed by atoms with Gasteiger partial charge in [0.2, 0.25) is 5.91 Å². The molecule has 4 rings (SSSR count). The molecule has 160 valence electrons. The maximum atomic E-state index is 13.2. The first-order chi connectivity index (χ1) is 15.0. The van der Waals surface area contributed by atoms with E-state index in [2.05, 4.69) is 0 Å². The van der Waals surface area contributed by atoms with Gasteiger partial charge in [0.1, 0.15) is 4.83 Å².